The van der Waals surface area contributed by atoms with E-state index in [-0.39, 0.29) is 5.75 Å². The first kappa shape index (κ1) is 14.8. The Morgan fingerprint density at radius 2 is 1.85 bits per heavy atom. The van der Waals surface area contributed by atoms with Gasteiger partial charge in [-0.05, 0) is 31.2 Å². The topological polar surface area (TPSA) is 66.7 Å². The molecule has 1 N–H and O–H groups in total. The van der Waals surface area contributed by atoms with Crippen LogP contribution in [0.2, 0.25) is 0 Å². The molecule has 0 saturated heterocycles. The van der Waals surface area contributed by atoms with E-state index >= 15 is 0 Å². The lowest BCUT2D eigenvalue weighted by Crippen LogP contribution is -2.32. The van der Waals surface area contributed by atoms with E-state index in [1.54, 1.807) is 12.1 Å². The molecule has 1 aromatic rings. The number of oxime groups is 1. The average Bonchev–Trinajstić information content (AvgIpc) is 2.39. The summed E-state index contributed by atoms with van der Waals surface area (Å²) in [6.45, 7) is 0. The zero-order valence-electron chi connectivity index (χ0n) is 11.3. The second-order valence-corrected chi connectivity index (χ2v) is 7.14. The number of hydrogen-bond acceptors (Lipinski definition) is 4. The molecule has 4 nitrogen and oxygen atoms in total. The van der Waals surface area contributed by atoms with Crippen LogP contribution in [0.4, 0.5) is 0 Å². The molecule has 2 rings (SSSR count). The van der Waals surface area contributed by atoms with Crippen LogP contribution in [0.3, 0.4) is 0 Å². The second-order valence-electron chi connectivity index (χ2n) is 4.96. The summed E-state index contributed by atoms with van der Waals surface area (Å²) in [6.07, 6.45) is 6.38. The molecule has 0 amide bonds. The van der Waals surface area contributed by atoms with E-state index in [9.17, 15) is 8.42 Å². The maximum absolute atomic E-state index is 12.6. The van der Waals surface area contributed by atoms with Crippen molar-refractivity contribution >= 4 is 15.5 Å². The molecule has 0 aromatic heterocycles. The van der Waals surface area contributed by atoms with E-state index in [0.29, 0.717) is 25.0 Å². The highest BCUT2D eigenvalue weighted by molar-refractivity contribution is 7.92. The summed E-state index contributed by atoms with van der Waals surface area (Å²) in [4.78, 5) is 0. The fourth-order valence-electron chi connectivity index (χ4n) is 2.45. The third kappa shape index (κ3) is 3.70. The SMILES string of the molecule is O=S(=O)(Cc1ccccc1)[C@H]1CCC=CCC/C1=N/O. The number of hydrogen-bond donors (Lipinski definition) is 1. The van der Waals surface area contributed by atoms with Crippen molar-refractivity contribution < 1.29 is 13.6 Å². The highest BCUT2D eigenvalue weighted by Gasteiger charge is 2.30. The van der Waals surface area contributed by atoms with Gasteiger partial charge in [-0.25, -0.2) is 8.42 Å². The van der Waals surface area contributed by atoms with Crippen molar-refractivity contribution in [2.75, 3.05) is 0 Å². The van der Waals surface area contributed by atoms with Crippen LogP contribution in [0.5, 0.6) is 0 Å². The molecule has 0 bridgehead atoms. The van der Waals surface area contributed by atoms with Crippen molar-refractivity contribution in [1.82, 2.24) is 0 Å². The number of sulfone groups is 1. The van der Waals surface area contributed by atoms with Gasteiger partial charge in [0.1, 0.15) is 5.25 Å². The van der Waals surface area contributed by atoms with Gasteiger partial charge in [-0.2, -0.15) is 0 Å². The fraction of sp³-hybridized carbons (Fsp3) is 0.400. The van der Waals surface area contributed by atoms with Crippen molar-refractivity contribution in [2.24, 2.45) is 5.16 Å². The van der Waals surface area contributed by atoms with Gasteiger partial charge in [0.2, 0.25) is 0 Å². The molecule has 0 spiro atoms. The summed E-state index contributed by atoms with van der Waals surface area (Å²) >= 11 is 0. The van der Waals surface area contributed by atoms with Gasteiger partial charge in [0.05, 0.1) is 11.5 Å². The maximum Gasteiger partial charge on any atom is 0.162 e. The highest BCUT2D eigenvalue weighted by atomic mass is 32.2. The summed E-state index contributed by atoms with van der Waals surface area (Å²) in [5, 5.41) is 11.7. The van der Waals surface area contributed by atoms with E-state index in [1.165, 1.54) is 0 Å². The Morgan fingerprint density at radius 1 is 1.15 bits per heavy atom. The number of rotatable bonds is 3. The Labute approximate surface area is 119 Å². The van der Waals surface area contributed by atoms with E-state index in [1.807, 2.05) is 30.4 Å². The molecular formula is C15H19NO3S. The summed E-state index contributed by atoms with van der Waals surface area (Å²) in [5.41, 5.74) is 1.15. The first-order valence-corrected chi connectivity index (χ1v) is 8.46. The van der Waals surface area contributed by atoms with Gasteiger partial charge in [-0.3, -0.25) is 0 Å². The van der Waals surface area contributed by atoms with Gasteiger partial charge in [0.25, 0.3) is 0 Å². The fourth-order valence-corrected chi connectivity index (χ4v) is 4.38. The normalized spacial score (nSPS) is 22.4. The first-order valence-electron chi connectivity index (χ1n) is 6.75. The standard InChI is InChI=1S/C15H19NO3S/c17-16-14-10-6-1-2-7-11-15(14)20(18,19)12-13-8-4-3-5-9-13/h1-5,8-9,15,17H,6-7,10-12H2/b2-1?,16-14-/t15-/m0/s1. The molecule has 0 fully saturated rings. The molecular weight excluding hydrogens is 274 g/mol. The molecule has 1 atom stereocenters. The Morgan fingerprint density at radius 3 is 2.55 bits per heavy atom. The lowest BCUT2D eigenvalue weighted by molar-refractivity contribution is 0.316. The quantitative estimate of drug-likeness (QED) is 0.529. The Balaban J connectivity index is 2.24. The molecule has 1 aromatic carbocycles. The molecule has 0 saturated carbocycles. The van der Waals surface area contributed by atoms with Crippen molar-refractivity contribution in [3.63, 3.8) is 0 Å². The molecule has 1 aliphatic rings. The lowest BCUT2D eigenvalue weighted by Gasteiger charge is -2.19. The predicted molar refractivity (Wildman–Crippen MR) is 79.7 cm³/mol. The summed E-state index contributed by atoms with van der Waals surface area (Å²) in [7, 11) is -3.36. The summed E-state index contributed by atoms with van der Waals surface area (Å²) < 4.78 is 25.1. The largest absolute Gasteiger partial charge is 0.411 e. The van der Waals surface area contributed by atoms with Crippen molar-refractivity contribution in [3.05, 3.63) is 48.0 Å². The van der Waals surface area contributed by atoms with E-state index in [4.69, 9.17) is 5.21 Å². The van der Waals surface area contributed by atoms with Gasteiger partial charge in [-0.15, -0.1) is 0 Å². The Kier molecular flexibility index (Phi) is 4.95. The smallest absolute Gasteiger partial charge is 0.162 e. The molecule has 0 heterocycles. The third-order valence-corrected chi connectivity index (χ3v) is 5.58. The number of nitrogens with zero attached hydrogens (tertiary/aromatic N) is 1. The third-order valence-electron chi connectivity index (χ3n) is 3.47. The maximum atomic E-state index is 12.6. The van der Waals surface area contributed by atoms with Crippen molar-refractivity contribution in [2.45, 2.75) is 36.7 Å². The van der Waals surface area contributed by atoms with Crippen LogP contribution in [0.25, 0.3) is 0 Å². The van der Waals surface area contributed by atoms with Crippen LogP contribution in [-0.2, 0) is 15.6 Å². The van der Waals surface area contributed by atoms with Crippen LogP contribution in [0.1, 0.15) is 31.2 Å². The number of allylic oxidation sites excluding steroid dienone is 2. The number of benzene rings is 1. The molecule has 5 heteroatoms. The molecule has 0 radical (unpaired) electrons. The molecule has 108 valence electrons. The van der Waals surface area contributed by atoms with E-state index in [2.05, 4.69) is 5.16 Å². The van der Waals surface area contributed by atoms with Gasteiger partial charge < -0.3 is 5.21 Å². The van der Waals surface area contributed by atoms with Gasteiger partial charge >= 0.3 is 0 Å². The minimum absolute atomic E-state index is 0.0127. The molecule has 0 aliphatic heterocycles. The second kappa shape index (κ2) is 6.70. The van der Waals surface area contributed by atoms with Crippen LogP contribution in [0, 0.1) is 0 Å². The minimum Gasteiger partial charge on any atom is -0.411 e. The van der Waals surface area contributed by atoms with Gasteiger partial charge in [-0.1, -0.05) is 47.6 Å². The van der Waals surface area contributed by atoms with Crippen LogP contribution < -0.4 is 0 Å². The van der Waals surface area contributed by atoms with Crippen molar-refractivity contribution in [1.29, 1.82) is 0 Å². The van der Waals surface area contributed by atoms with Gasteiger partial charge in [0.15, 0.2) is 9.84 Å². The minimum atomic E-state index is -3.36. The Bertz CT molecular complexity index is 591. The zero-order valence-corrected chi connectivity index (χ0v) is 12.1. The van der Waals surface area contributed by atoms with E-state index < -0.39 is 15.1 Å². The zero-order chi connectivity index (χ0) is 14.4. The van der Waals surface area contributed by atoms with Crippen LogP contribution in [0.15, 0.2) is 47.6 Å². The Hall–Kier alpha value is -1.62. The highest BCUT2D eigenvalue weighted by Crippen LogP contribution is 2.21. The van der Waals surface area contributed by atoms with E-state index in [0.717, 1.165) is 12.0 Å². The molecule has 1 aliphatic carbocycles. The summed E-state index contributed by atoms with van der Waals surface area (Å²) in [6, 6.07) is 9.11. The summed E-state index contributed by atoms with van der Waals surface area (Å²) in [5.74, 6) is -0.0127. The predicted octanol–water partition coefficient (Wildman–Crippen LogP) is 2.93. The monoisotopic (exact) mass is 293 g/mol. The molecule has 20 heavy (non-hydrogen) atoms. The first-order chi connectivity index (χ1) is 9.63. The molecule has 0 unspecified atom stereocenters. The van der Waals surface area contributed by atoms with Crippen molar-refractivity contribution in [3.8, 4) is 0 Å². The van der Waals surface area contributed by atoms with Gasteiger partial charge in [0, 0.05) is 0 Å². The van der Waals surface area contributed by atoms with Crippen LogP contribution >= 0.6 is 0 Å². The van der Waals surface area contributed by atoms with Crippen LogP contribution in [-0.4, -0.2) is 24.6 Å². The average molecular weight is 293 g/mol. The lowest BCUT2D eigenvalue weighted by atomic mass is 10.0.